The predicted octanol–water partition coefficient (Wildman–Crippen LogP) is 4.72. The summed E-state index contributed by atoms with van der Waals surface area (Å²) in [5, 5.41) is 0.744. The van der Waals surface area contributed by atoms with Crippen molar-refractivity contribution in [2.75, 3.05) is 0 Å². The Morgan fingerprint density at radius 2 is 1.94 bits per heavy atom. The largest absolute Gasteiger partial charge is 0.462 e. The van der Waals surface area contributed by atoms with Crippen LogP contribution in [0.2, 0.25) is 5.02 Å². The minimum absolute atomic E-state index is 0.744. The molecular formula is C14H13ClO. The van der Waals surface area contributed by atoms with E-state index in [1.807, 2.05) is 56.3 Å². The molecule has 0 saturated carbocycles. The lowest BCUT2D eigenvalue weighted by Gasteiger charge is -1.93. The molecule has 2 aromatic rings. The van der Waals surface area contributed by atoms with Crippen molar-refractivity contribution < 1.29 is 4.42 Å². The lowest BCUT2D eigenvalue weighted by Crippen LogP contribution is -1.70. The van der Waals surface area contributed by atoms with Crippen molar-refractivity contribution >= 4 is 23.8 Å². The van der Waals surface area contributed by atoms with Gasteiger partial charge >= 0.3 is 0 Å². The molecule has 1 aromatic carbocycles. The van der Waals surface area contributed by atoms with Gasteiger partial charge in [0, 0.05) is 5.02 Å². The van der Waals surface area contributed by atoms with Gasteiger partial charge in [0.15, 0.2) is 0 Å². The van der Waals surface area contributed by atoms with Crippen LogP contribution >= 0.6 is 11.6 Å². The predicted molar refractivity (Wildman–Crippen MR) is 68.6 cm³/mol. The van der Waals surface area contributed by atoms with E-state index in [0.29, 0.717) is 0 Å². The summed E-state index contributed by atoms with van der Waals surface area (Å²) < 4.78 is 5.55. The molecule has 16 heavy (non-hydrogen) atoms. The molecular weight excluding hydrogens is 220 g/mol. The van der Waals surface area contributed by atoms with Gasteiger partial charge in [0.2, 0.25) is 0 Å². The van der Waals surface area contributed by atoms with E-state index in [2.05, 4.69) is 0 Å². The number of hydrogen-bond donors (Lipinski definition) is 0. The Morgan fingerprint density at radius 1 is 1.12 bits per heavy atom. The molecule has 0 unspecified atom stereocenters. The summed E-state index contributed by atoms with van der Waals surface area (Å²) in [5.74, 6) is 1.83. The normalized spacial score (nSPS) is 11.2. The number of aryl methyl sites for hydroxylation is 2. The molecule has 1 heterocycles. The van der Waals surface area contributed by atoms with Gasteiger partial charge in [0.1, 0.15) is 11.5 Å². The van der Waals surface area contributed by atoms with E-state index in [9.17, 15) is 0 Å². The monoisotopic (exact) mass is 232 g/mol. The van der Waals surface area contributed by atoms with E-state index in [4.69, 9.17) is 16.0 Å². The first-order valence-corrected chi connectivity index (χ1v) is 5.53. The van der Waals surface area contributed by atoms with Crippen molar-refractivity contribution in [2.45, 2.75) is 13.8 Å². The van der Waals surface area contributed by atoms with Crippen molar-refractivity contribution in [1.29, 1.82) is 0 Å². The zero-order valence-corrected chi connectivity index (χ0v) is 10.1. The summed E-state index contributed by atoms with van der Waals surface area (Å²) in [5.41, 5.74) is 2.24. The highest BCUT2D eigenvalue weighted by atomic mass is 35.5. The van der Waals surface area contributed by atoms with Crippen molar-refractivity contribution in [3.05, 3.63) is 58.0 Å². The molecule has 2 heteroatoms. The van der Waals surface area contributed by atoms with E-state index >= 15 is 0 Å². The van der Waals surface area contributed by atoms with Gasteiger partial charge in [0.25, 0.3) is 0 Å². The van der Waals surface area contributed by atoms with Gasteiger partial charge in [-0.25, -0.2) is 0 Å². The van der Waals surface area contributed by atoms with Gasteiger partial charge in [-0.1, -0.05) is 29.8 Å². The number of furan rings is 1. The second kappa shape index (κ2) is 4.58. The molecule has 1 nitrogen and oxygen atoms in total. The molecule has 0 amide bonds. The molecule has 0 fully saturated rings. The van der Waals surface area contributed by atoms with Crippen LogP contribution in [0.3, 0.4) is 0 Å². The molecule has 0 saturated heterocycles. The molecule has 0 aliphatic heterocycles. The Bertz CT molecular complexity index is 504. The maximum Gasteiger partial charge on any atom is 0.127 e. The molecule has 0 aliphatic carbocycles. The van der Waals surface area contributed by atoms with Crippen LogP contribution in [-0.2, 0) is 0 Å². The lowest BCUT2D eigenvalue weighted by atomic mass is 10.2. The Morgan fingerprint density at radius 3 is 2.56 bits per heavy atom. The van der Waals surface area contributed by atoms with Gasteiger partial charge in [-0.2, -0.15) is 0 Å². The maximum absolute atomic E-state index is 5.90. The van der Waals surface area contributed by atoms with Crippen LogP contribution < -0.4 is 0 Å². The fraction of sp³-hybridized carbons (Fsp3) is 0.143. The quantitative estimate of drug-likeness (QED) is 0.730. The second-order valence-corrected chi connectivity index (χ2v) is 4.21. The van der Waals surface area contributed by atoms with Gasteiger partial charge in [0.05, 0.1) is 0 Å². The van der Waals surface area contributed by atoms with Crippen LogP contribution in [0, 0.1) is 13.8 Å². The Kier molecular flexibility index (Phi) is 3.16. The minimum Gasteiger partial charge on any atom is -0.462 e. The highest BCUT2D eigenvalue weighted by Gasteiger charge is 1.99. The average Bonchev–Trinajstić information content (AvgIpc) is 2.56. The van der Waals surface area contributed by atoms with Crippen molar-refractivity contribution in [3.63, 3.8) is 0 Å². The molecule has 0 aliphatic rings. The van der Waals surface area contributed by atoms with Crippen LogP contribution in [0.4, 0.5) is 0 Å². The first-order valence-electron chi connectivity index (χ1n) is 5.16. The van der Waals surface area contributed by atoms with Gasteiger partial charge in [-0.05, 0) is 49.2 Å². The van der Waals surface area contributed by atoms with Crippen LogP contribution in [0.1, 0.15) is 22.6 Å². The average molecular weight is 233 g/mol. The summed E-state index contributed by atoms with van der Waals surface area (Å²) in [6.07, 6.45) is 3.94. The zero-order chi connectivity index (χ0) is 11.5. The highest BCUT2D eigenvalue weighted by Crippen LogP contribution is 2.17. The van der Waals surface area contributed by atoms with Crippen molar-refractivity contribution in [2.24, 2.45) is 0 Å². The molecule has 0 radical (unpaired) electrons. The molecule has 1 aromatic heterocycles. The van der Waals surface area contributed by atoms with E-state index < -0.39 is 0 Å². The molecule has 2 rings (SSSR count). The van der Waals surface area contributed by atoms with Crippen LogP contribution in [-0.4, -0.2) is 0 Å². The smallest absolute Gasteiger partial charge is 0.127 e. The number of halogens is 1. The second-order valence-electron chi connectivity index (χ2n) is 3.78. The van der Waals surface area contributed by atoms with Crippen molar-refractivity contribution in [1.82, 2.24) is 0 Å². The number of benzene rings is 1. The standard InChI is InChI=1S/C14H13ClO/c1-10-8-14(16-11(10)2)7-6-12-4-3-5-13(15)9-12/h3-9H,1-2H3/b7-6+. The fourth-order valence-electron chi connectivity index (χ4n) is 1.47. The van der Waals surface area contributed by atoms with Gasteiger partial charge in [-0.3, -0.25) is 0 Å². The summed E-state index contributed by atoms with van der Waals surface area (Å²) in [6, 6.07) is 9.74. The first kappa shape index (κ1) is 11.0. The Hall–Kier alpha value is -1.47. The third-order valence-electron chi connectivity index (χ3n) is 2.47. The molecule has 82 valence electrons. The van der Waals surface area contributed by atoms with Gasteiger partial charge < -0.3 is 4.42 Å². The number of hydrogen-bond acceptors (Lipinski definition) is 1. The van der Waals surface area contributed by atoms with E-state index in [-0.39, 0.29) is 0 Å². The third-order valence-corrected chi connectivity index (χ3v) is 2.71. The summed E-state index contributed by atoms with van der Waals surface area (Å²) >= 11 is 5.90. The maximum atomic E-state index is 5.90. The Balaban J connectivity index is 2.21. The van der Waals surface area contributed by atoms with Crippen LogP contribution in [0.15, 0.2) is 34.7 Å². The summed E-state index contributed by atoms with van der Waals surface area (Å²) in [6.45, 7) is 4.00. The molecule has 0 atom stereocenters. The molecule has 0 N–H and O–H groups in total. The van der Waals surface area contributed by atoms with E-state index in [1.54, 1.807) is 0 Å². The fourth-order valence-corrected chi connectivity index (χ4v) is 1.67. The topological polar surface area (TPSA) is 13.1 Å². The number of rotatable bonds is 2. The van der Waals surface area contributed by atoms with Gasteiger partial charge in [-0.15, -0.1) is 0 Å². The third kappa shape index (κ3) is 2.56. The molecule has 0 bridgehead atoms. The minimum atomic E-state index is 0.744. The van der Waals surface area contributed by atoms with Crippen molar-refractivity contribution in [3.8, 4) is 0 Å². The van der Waals surface area contributed by atoms with Crippen LogP contribution in [0.5, 0.6) is 0 Å². The van der Waals surface area contributed by atoms with Crippen LogP contribution in [0.25, 0.3) is 12.2 Å². The SMILES string of the molecule is Cc1cc(/C=C/c2cccc(Cl)c2)oc1C. The first-order chi connectivity index (χ1) is 7.65. The van der Waals surface area contributed by atoms with E-state index in [0.717, 1.165) is 22.1 Å². The molecule has 0 spiro atoms. The highest BCUT2D eigenvalue weighted by molar-refractivity contribution is 6.30. The van der Waals surface area contributed by atoms with E-state index in [1.165, 1.54) is 5.56 Å². The summed E-state index contributed by atoms with van der Waals surface area (Å²) in [4.78, 5) is 0. The lowest BCUT2D eigenvalue weighted by molar-refractivity contribution is 0.523. The summed E-state index contributed by atoms with van der Waals surface area (Å²) in [7, 11) is 0. The Labute approximate surface area is 100 Å². The zero-order valence-electron chi connectivity index (χ0n) is 9.33.